The minimum Gasteiger partial charge on any atom is -0.497 e. The average Bonchev–Trinajstić information content (AvgIpc) is 3.17. The standard InChI is InChI=1S/C23H27NO2/c1-4-15(2)26-18-11-12-22-21(14-18)19-9-6-10-20(19)23(24-22)16-7-5-8-17(13-16)25-3/h5-9,11-15,19-20,23-24H,4,10H2,1-3H3. The lowest BCUT2D eigenvalue weighted by atomic mass is 9.77. The van der Waals surface area contributed by atoms with Crippen LogP contribution in [0.5, 0.6) is 11.5 Å². The Morgan fingerprint density at radius 2 is 2.04 bits per heavy atom. The van der Waals surface area contributed by atoms with Crippen LogP contribution in [0.2, 0.25) is 0 Å². The first-order valence-electron chi connectivity index (χ1n) is 9.57. The van der Waals surface area contributed by atoms with Crippen LogP contribution in [0.4, 0.5) is 5.69 Å². The molecule has 2 aliphatic rings. The minimum atomic E-state index is 0.240. The monoisotopic (exact) mass is 349 g/mol. The first-order chi connectivity index (χ1) is 12.7. The molecule has 1 aliphatic heterocycles. The lowest BCUT2D eigenvalue weighted by Gasteiger charge is -2.37. The number of fused-ring (bicyclic) bond motifs is 3. The van der Waals surface area contributed by atoms with Gasteiger partial charge in [0.25, 0.3) is 0 Å². The van der Waals surface area contributed by atoms with E-state index in [-0.39, 0.29) is 6.10 Å². The third-order valence-electron chi connectivity index (χ3n) is 5.70. The van der Waals surface area contributed by atoms with Crippen molar-refractivity contribution in [2.45, 2.75) is 44.8 Å². The SMILES string of the molecule is CCC(C)Oc1ccc2c(c1)C1C=CCC1C(c1cccc(OC)c1)N2. The Balaban J connectivity index is 1.67. The molecule has 0 saturated heterocycles. The smallest absolute Gasteiger partial charge is 0.120 e. The molecule has 1 heterocycles. The van der Waals surface area contributed by atoms with Crippen LogP contribution in [0.3, 0.4) is 0 Å². The number of rotatable bonds is 5. The number of allylic oxidation sites excluding steroid dienone is 2. The van der Waals surface area contributed by atoms with Gasteiger partial charge in [-0.2, -0.15) is 0 Å². The molecule has 0 aromatic heterocycles. The summed E-state index contributed by atoms with van der Waals surface area (Å²) in [4.78, 5) is 0. The van der Waals surface area contributed by atoms with Gasteiger partial charge in [-0.1, -0.05) is 31.2 Å². The van der Waals surface area contributed by atoms with Crippen LogP contribution in [0, 0.1) is 5.92 Å². The summed E-state index contributed by atoms with van der Waals surface area (Å²) in [7, 11) is 1.72. The molecular formula is C23H27NO2. The molecule has 4 atom stereocenters. The van der Waals surface area contributed by atoms with E-state index in [1.54, 1.807) is 7.11 Å². The van der Waals surface area contributed by atoms with Crippen LogP contribution in [-0.4, -0.2) is 13.2 Å². The maximum absolute atomic E-state index is 6.05. The normalized spacial score (nSPS) is 24.3. The highest BCUT2D eigenvalue weighted by atomic mass is 16.5. The van der Waals surface area contributed by atoms with Crippen LogP contribution >= 0.6 is 0 Å². The quantitative estimate of drug-likeness (QED) is 0.703. The Morgan fingerprint density at radius 1 is 1.15 bits per heavy atom. The zero-order valence-electron chi connectivity index (χ0n) is 15.7. The van der Waals surface area contributed by atoms with Gasteiger partial charge in [-0.05, 0) is 67.1 Å². The van der Waals surface area contributed by atoms with Crippen LogP contribution < -0.4 is 14.8 Å². The van der Waals surface area contributed by atoms with Crippen molar-refractivity contribution >= 4 is 5.69 Å². The van der Waals surface area contributed by atoms with E-state index in [9.17, 15) is 0 Å². The molecule has 4 unspecified atom stereocenters. The molecule has 0 radical (unpaired) electrons. The zero-order chi connectivity index (χ0) is 18.1. The van der Waals surface area contributed by atoms with E-state index in [0.717, 1.165) is 24.3 Å². The Hall–Kier alpha value is -2.42. The fourth-order valence-electron chi connectivity index (χ4n) is 4.13. The van der Waals surface area contributed by atoms with E-state index < -0.39 is 0 Å². The lowest BCUT2D eigenvalue weighted by Crippen LogP contribution is -2.29. The maximum Gasteiger partial charge on any atom is 0.120 e. The van der Waals surface area contributed by atoms with E-state index in [2.05, 4.69) is 67.7 Å². The molecule has 0 bridgehead atoms. The van der Waals surface area contributed by atoms with Gasteiger partial charge in [-0.15, -0.1) is 0 Å². The van der Waals surface area contributed by atoms with Crippen molar-refractivity contribution < 1.29 is 9.47 Å². The highest BCUT2D eigenvalue weighted by molar-refractivity contribution is 5.62. The van der Waals surface area contributed by atoms with Gasteiger partial charge in [0.2, 0.25) is 0 Å². The number of benzene rings is 2. The Morgan fingerprint density at radius 3 is 2.85 bits per heavy atom. The van der Waals surface area contributed by atoms with E-state index in [0.29, 0.717) is 17.9 Å². The van der Waals surface area contributed by atoms with Crippen molar-refractivity contribution in [1.82, 2.24) is 0 Å². The van der Waals surface area contributed by atoms with Gasteiger partial charge in [0.05, 0.1) is 19.3 Å². The number of ether oxygens (including phenoxy) is 2. The van der Waals surface area contributed by atoms with Gasteiger partial charge in [-0.3, -0.25) is 0 Å². The summed E-state index contributed by atoms with van der Waals surface area (Å²) < 4.78 is 11.5. The van der Waals surface area contributed by atoms with Crippen LogP contribution in [-0.2, 0) is 0 Å². The second-order valence-electron chi connectivity index (χ2n) is 7.34. The summed E-state index contributed by atoms with van der Waals surface area (Å²) in [5, 5.41) is 3.78. The van der Waals surface area contributed by atoms with Gasteiger partial charge >= 0.3 is 0 Å². The van der Waals surface area contributed by atoms with Gasteiger partial charge in [-0.25, -0.2) is 0 Å². The van der Waals surface area contributed by atoms with E-state index in [1.165, 1.54) is 16.8 Å². The molecule has 1 aliphatic carbocycles. The van der Waals surface area contributed by atoms with E-state index in [4.69, 9.17) is 9.47 Å². The van der Waals surface area contributed by atoms with Crippen molar-refractivity contribution in [3.63, 3.8) is 0 Å². The molecule has 3 heteroatoms. The highest BCUT2D eigenvalue weighted by Crippen LogP contribution is 2.50. The second-order valence-corrected chi connectivity index (χ2v) is 7.34. The first-order valence-corrected chi connectivity index (χ1v) is 9.57. The Bertz CT molecular complexity index is 814. The maximum atomic E-state index is 6.05. The third-order valence-corrected chi connectivity index (χ3v) is 5.70. The van der Waals surface area contributed by atoms with Gasteiger partial charge < -0.3 is 14.8 Å². The Kier molecular flexibility index (Phi) is 4.62. The molecule has 0 fully saturated rings. The predicted molar refractivity (Wildman–Crippen MR) is 106 cm³/mol. The van der Waals surface area contributed by atoms with Crippen LogP contribution in [0.1, 0.15) is 49.8 Å². The molecule has 2 aromatic rings. The molecule has 2 aromatic carbocycles. The van der Waals surface area contributed by atoms with Crippen molar-refractivity contribution in [1.29, 1.82) is 0 Å². The largest absolute Gasteiger partial charge is 0.497 e. The van der Waals surface area contributed by atoms with Gasteiger partial charge in [0.1, 0.15) is 11.5 Å². The zero-order valence-corrected chi connectivity index (χ0v) is 15.7. The highest BCUT2D eigenvalue weighted by Gasteiger charge is 2.38. The number of nitrogens with one attached hydrogen (secondary N) is 1. The molecule has 3 nitrogen and oxygen atoms in total. The molecule has 4 rings (SSSR count). The summed E-state index contributed by atoms with van der Waals surface area (Å²) in [6.07, 6.45) is 7.03. The number of hydrogen-bond acceptors (Lipinski definition) is 3. The summed E-state index contributed by atoms with van der Waals surface area (Å²) in [6, 6.07) is 15.2. The van der Waals surface area contributed by atoms with Gasteiger partial charge in [0, 0.05) is 11.6 Å². The lowest BCUT2D eigenvalue weighted by molar-refractivity contribution is 0.217. The summed E-state index contributed by atoms with van der Waals surface area (Å²) in [5.74, 6) is 2.84. The molecule has 0 saturated carbocycles. The molecule has 0 spiro atoms. The van der Waals surface area contributed by atoms with E-state index in [1.807, 2.05) is 6.07 Å². The summed E-state index contributed by atoms with van der Waals surface area (Å²) >= 11 is 0. The Labute approximate surface area is 156 Å². The van der Waals surface area contributed by atoms with E-state index >= 15 is 0 Å². The predicted octanol–water partition coefficient (Wildman–Crippen LogP) is 5.70. The minimum absolute atomic E-state index is 0.240. The molecule has 1 N–H and O–H groups in total. The summed E-state index contributed by atoms with van der Waals surface area (Å²) in [5.41, 5.74) is 3.85. The third kappa shape index (κ3) is 3.07. The average molecular weight is 349 g/mol. The number of hydrogen-bond donors (Lipinski definition) is 1. The number of anilines is 1. The molecule has 136 valence electrons. The number of methoxy groups -OCH3 is 1. The van der Waals surface area contributed by atoms with Crippen molar-refractivity contribution in [3.8, 4) is 11.5 Å². The first kappa shape index (κ1) is 17.0. The van der Waals surface area contributed by atoms with Crippen molar-refractivity contribution in [2.24, 2.45) is 5.92 Å². The van der Waals surface area contributed by atoms with Crippen molar-refractivity contribution in [2.75, 3.05) is 12.4 Å². The fourth-order valence-corrected chi connectivity index (χ4v) is 4.13. The van der Waals surface area contributed by atoms with Gasteiger partial charge in [0.15, 0.2) is 0 Å². The second kappa shape index (κ2) is 7.06. The van der Waals surface area contributed by atoms with Crippen LogP contribution in [0.25, 0.3) is 0 Å². The molecule has 26 heavy (non-hydrogen) atoms. The molecule has 0 amide bonds. The fraction of sp³-hybridized carbons (Fsp3) is 0.391. The van der Waals surface area contributed by atoms with Crippen molar-refractivity contribution in [3.05, 3.63) is 65.7 Å². The summed E-state index contributed by atoms with van der Waals surface area (Å²) in [6.45, 7) is 4.27. The topological polar surface area (TPSA) is 30.5 Å². The van der Waals surface area contributed by atoms with Crippen LogP contribution in [0.15, 0.2) is 54.6 Å². The molecular weight excluding hydrogens is 322 g/mol.